The van der Waals surface area contributed by atoms with Crippen LogP contribution >= 0.6 is 0 Å². The lowest BCUT2D eigenvalue weighted by Crippen LogP contribution is -2.50. The Balaban J connectivity index is 1.48. The minimum Gasteiger partial charge on any atom is -0.480 e. The molecule has 192 valence electrons. The molecule has 0 aliphatic rings. The third-order valence-electron chi connectivity index (χ3n) is 6.18. The number of carbonyl (C=O) groups excluding carboxylic acids is 2. The predicted octanol–water partition coefficient (Wildman–Crippen LogP) is 4.00. The molecular formula is C31H28N2O5. The van der Waals surface area contributed by atoms with Gasteiger partial charge in [-0.05, 0) is 34.4 Å². The van der Waals surface area contributed by atoms with Crippen LogP contribution in [0.2, 0.25) is 0 Å². The summed E-state index contributed by atoms with van der Waals surface area (Å²) in [5, 5.41) is 25.9. The molecular weight excluding hydrogens is 480 g/mol. The monoisotopic (exact) mass is 508 g/mol. The minimum atomic E-state index is -1.73. The number of carbonyl (C=O) groups is 3. The average Bonchev–Trinajstić information content (AvgIpc) is 2.96. The Bertz CT molecular complexity index is 1360. The Morgan fingerprint density at radius 2 is 1.18 bits per heavy atom. The van der Waals surface area contributed by atoms with Crippen molar-refractivity contribution in [2.45, 2.75) is 24.6 Å². The molecule has 0 saturated heterocycles. The second-order valence-corrected chi connectivity index (χ2v) is 8.84. The second kappa shape index (κ2) is 12.5. The van der Waals surface area contributed by atoms with Crippen LogP contribution in [0.4, 0.5) is 0 Å². The Morgan fingerprint density at radius 3 is 1.76 bits per heavy atom. The molecule has 38 heavy (non-hydrogen) atoms. The number of hydrogen-bond acceptors (Lipinski definition) is 4. The van der Waals surface area contributed by atoms with Crippen molar-refractivity contribution in [3.05, 3.63) is 132 Å². The second-order valence-electron chi connectivity index (χ2n) is 8.84. The fourth-order valence-electron chi connectivity index (χ4n) is 4.13. The number of carboxylic acids is 1. The van der Waals surface area contributed by atoms with Gasteiger partial charge in [0.2, 0.25) is 0 Å². The van der Waals surface area contributed by atoms with E-state index in [1.165, 1.54) is 0 Å². The number of nitrogens with one attached hydrogen (secondary N) is 2. The maximum Gasteiger partial charge on any atom is 0.326 e. The summed E-state index contributed by atoms with van der Waals surface area (Å²) in [5.41, 5.74) is 3.60. The molecule has 0 saturated carbocycles. The molecule has 2 amide bonds. The first-order valence-electron chi connectivity index (χ1n) is 12.2. The highest BCUT2D eigenvalue weighted by Crippen LogP contribution is 2.21. The SMILES string of the molecule is O=C(N[C@@H](c1ccccc1)[C@@H](O)C(=O)N[C@@H](Cc1ccc(-c2ccccc2)cc1)C(=O)O)c1ccccc1. The van der Waals surface area contributed by atoms with Crippen LogP contribution in [-0.2, 0) is 16.0 Å². The van der Waals surface area contributed by atoms with Crippen LogP contribution in [0.25, 0.3) is 11.1 Å². The van der Waals surface area contributed by atoms with Gasteiger partial charge in [-0.15, -0.1) is 0 Å². The number of aliphatic hydroxyl groups excluding tert-OH is 1. The molecule has 0 aromatic heterocycles. The lowest BCUT2D eigenvalue weighted by atomic mass is 9.98. The van der Waals surface area contributed by atoms with Crippen molar-refractivity contribution in [1.82, 2.24) is 10.6 Å². The van der Waals surface area contributed by atoms with E-state index in [0.717, 1.165) is 11.1 Å². The van der Waals surface area contributed by atoms with Crippen molar-refractivity contribution in [2.24, 2.45) is 0 Å². The highest BCUT2D eigenvalue weighted by atomic mass is 16.4. The minimum absolute atomic E-state index is 0.0231. The van der Waals surface area contributed by atoms with Gasteiger partial charge >= 0.3 is 5.97 Å². The van der Waals surface area contributed by atoms with Crippen LogP contribution in [0.1, 0.15) is 27.5 Å². The largest absolute Gasteiger partial charge is 0.480 e. The third kappa shape index (κ3) is 6.72. The van der Waals surface area contributed by atoms with Crippen molar-refractivity contribution in [2.75, 3.05) is 0 Å². The summed E-state index contributed by atoms with van der Waals surface area (Å²) in [6, 6.07) is 31.8. The molecule has 7 heteroatoms. The zero-order valence-corrected chi connectivity index (χ0v) is 20.5. The predicted molar refractivity (Wildman–Crippen MR) is 144 cm³/mol. The Kier molecular flexibility index (Phi) is 8.64. The Labute approximate surface area is 220 Å². The smallest absolute Gasteiger partial charge is 0.326 e. The number of aliphatic hydroxyl groups is 1. The summed E-state index contributed by atoms with van der Waals surface area (Å²) in [5.74, 6) is -2.61. The number of amides is 2. The summed E-state index contributed by atoms with van der Waals surface area (Å²) in [6.07, 6.45) is -1.71. The third-order valence-corrected chi connectivity index (χ3v) is 6.18. The molecule has 0 radical (unpaired) electrons. The maximum absolute atomic E-state index is 13.0. The molecule has 0 aliphatic heterocycles. The Hall–Kier alpha value is -4.75. The van der Waals surface area contributed by atoms with Gasteiger partial charge in [-0.25, -0.2) is 4.79 Å². The molecule has 4 aromatic carbocycles. The van der Waals surface area contributed by atoms with Crippen molar-refractivity contribution in [1.29, 1.82) is 0 Å². The van der Waals surface area contributed by atoms with E-state index in [2.05, 4.69) is 10.6 Å². The van der Waals surface area contributed by atoms with Crippen molar-refractivity contribution >= 4 is 17.8 Å². The van der Waals surface area contributed by atoms with Crippen molar-refractivity contribution < 1.29 is 24.6 Å². The standard InChI is InChI=1S/C31H28N2O5/c34-28(27(24-12-6-2-7-13-24)33-29(35)25-14-8-3-9-15-25)30(36)32-26(31(37)38)20-21-16-18-23(19-17-21)22-10-4-1-5-11-22/h1-19,26-28,34H,20H2,(H,32,36)(H,33,35)(H,37,38)/t26-,27-,28+/m0/s1. The summed E-state index contributed by atoms with van der Waals surface area (Å²) in [6.45, 7) is 0. The van der Waals surface area contributed by atoms with Crippen LogP contribution in [0.3, 0.4) is 0 Å². The first-order chi connectivity index (χ1) is 18.4. The van der Waals surface area contributed by atoms with Crippen LogP contribution in [0.5, 0.6) is 0 Å². The van der Waals surface area contributed by atoms with Crippen LogP contribution < -0.4 is 10.6 Å². The summed E-state index contributed by atoms with van der Waals surface area (Å²) in [4.78, 5) is 37.8. The molecule has 3 atom stereocenters. The van der Waals surface area contributed by atoms with Gasteiger partial charge in [-0.1, -0.05) is 103 Å². The summed E-state index contributed by atoms with van der Waals surface area (Å²) >= 11 is 0. The lowest BCUT2D eigenvalue weighted by molar-refractivity contribution is -0.143. The molecule has 0 aliphatic carbocycles. The molecule has 4 rings (SSSR count). The van der Waals surface area contributed by atoms with E-state index >= 15 is 0 Å². The van der Waals surface area contributed by atoms with Gasteiger partial charge in [0.1, 0.15) is 6.04 Å². The molecule has 7 nitrogen and oxygen atoms in total. The molecule has 4 N–H and O–H groups in total. The van der Waals surface area contributed by atoms with Gasteiger partial charge in [0.15, 0.2) is 6.10 Å². The van der Waals surface area contributed by atoms with E-state index < -0.39 is 36.0 Å². The zero-order chi connectivity index (χ0) is 26.9. The topological polar surface area (TPSA) is 116 Å². The van der Waals surface area contributed by atoms with E-state index in [-0.39, 0.29) is 6.42 Å². The molecule has 0 fully saturated rings. The normalized spacial score (nSPS) is 13.1. The number of carboxylic acid groups (broad SMARTS) is 1. The number of rotatable bonds is 10. The van der Waals surface area contributed by atoms with Crippen molar-refractivity contribution in [3.8, 4) is 11.1 Å². The van der Waals surface area contributed by atoms with E-state index in [4.69, 9.17) is 0 Å². The van der Waals surface area contributed by atoms with Crippen LogP contribution in [0, 0.1) is 0 Å². The van der Waals surface area contributed by atoms with E-state index in [1.54, 1.807) is 60.7 Å². The average molecular weight is 509 g/mol. The van der Waals surface area contributed by atoms with Gasteiger partial charge in [0.05, 0.1) is 6.04 Å². The van der Waals surface area contributed by atoms with Gasteiger partial charge in [0.25, 0.3) is 11.8 Å². The van der Waals surface area contributed by atoms with E-state index in [0.29, 0.717) is 16.7 Å². The van der Waals surface area contributed by atoms with Crippen molar-refractivity contribution in [3.63, 3.8) is 0 Å². The summed E-state index contributed by atoms with van der Waals surface area (Å²) < 4.78 is 0. The number of aliphatic carboxylic acids is 1. The highest BCUT2D eigenvalue weighted by molar-refractivity contribution is 5.95. The van der Waals surface area contributed by atoms with Gasteiger partial charge in [-0.2, -0.15) is 0 Å². The van der Waals surface area contributed by atoms with Gasteiger partial charge in [0, 0.05) is 12.0 Å². The van der Waals surface area contributed by atoms with Gasteiger partial charge < -0.3 is 20.8 Å². The highest BCUT2D eigenvalue weighted by Gasteiger charge is 2.32. The maximum atomic E-state index is 13.0. The quantitative estimate of drug-likeness (QED) is 0.259. The van der Waals surface area contributed by atoms with Gasteiger partial charge in [-0.3, -0.25) is 9.59 Å². The number of hydrogen-bond donors (Lipinski definition) is 4. The van der Waals surface area contributed by atoms with Crippen LogP contribution in [0.15, 0.2) is 115 Å². The molecule has 0 bridgehead atoms. The first kappa shape index (κ1) is 26.3. The Morgan fingerprint density at radius 1 is 0.658 bits per heavy atom. The zero-order valence-electron chi connectivity index (χ0n) is 20.5. The summed E-state index contributed by atoms with van der Waals surface area (Å²) in [7, 11) is 0. The van der Waals surface area contributed by atoms with E-state index in [9.17, 15) is 24.6 Å². The molecule has 0 unspecified atom stereocenters. The number of benzene rings is 4. The first-order valence-corrected chi connectivity index (χ1v) is 12.2. The fraction of sp³-hybridized carbons (Fsp3) is 0.129. The van der Waals surface area contributed by atoms with E-state index in [1.807, 2.05) is 54.6 Å². The fourth-order valence-corrected chi connectivity index (χ4v) is 4.13. The lowest BCUT2D eigenvalue weighted by Gasteiger charge is -2.25. The van der Waals surface area contributed by atoms with Crippen LogP contribution in [-0.4, -0.2) is 40.1 Å². The molecule has 0 heterocycles. The molecule has 4 aromatic rings. The molecule has 0 spiro atoms.